The number of nitrogens with one attached hydrogen (secondary N) is 1. The van der Waals surface area contributed by atoms with E-state index in [0.29, 0.717) is 17.0 Å². The van der Waals surface area contributed by atoms with E-state index in [9.17, 15) is 18.0 Å². The minimum Gasteiger partial charge on any atom is -0.497 e. The lowest BCUT2D eigenvalue weighted by Gasteiger charge is -2.24. The fourth-order valence-corrected chi connectivity index (χ4v) is 4.48. The van der Waals surface area contributed by atoms with Crippen LogP contribution in [-0.4, -0.2) is 52.3 Å². The summed E-state index contributed by atoms with van der Waals surface area (Å²) in [5.41, 5.74) is 1.18. The van der Waals surface area contributed by atoms with E-state index in [1.54, 1.807) is 54.6 Å². The molecule has 0 heterocycles. The van der Waals surface area contributed by atoms with Crippen molar-refractivity contribution >= 4 is 27.5 Å². The molecule has 1 N–H and O–H groups in total. The van der Waals surface area contributed by atoms with Crippen LogP contribution in [0, 0.1) is 0 Å². The van der Waals surface area contributed by atoms with Crippen molar-refractivity contribution in [1.82, 2.24) is 0 Å². The topological polar surface area (TPSA) is 108 Å². The largest absolute Gasteiger partial charge is 0.497 e. The highest BCUT2D eigenvalue weighted by Gasteiger charge is 2.46. The molecule has 1 atom stereocenters. The highest BCUT2D eigenvalue weighted by Crippen LogP contribution is 2.22. The van der Waals surface area contributed by atoms with Gasteiger partial charge in [-0.25, -0.2) is 8.42 Å². The Bertz CT molecular complexity index is 911. The molecule has 0 amide bonds. The fourth-order valence-electron chi connectivity index (χ4n) is 2.69. The van der Waals surface area contributed by atoms with Crippen molar-refractivity contribution in [3.8, 4) is 5.75 Å². The number of ether oxygens (including phenoxy) is 3. The van der Waals surface area contributed by atoms with Crippen molar-refractivity contribution < 1.29 is 32.2 Å². The third-order valence-electron chi connectivity index (χ3n) is 4.24. The van der Waals surface area contributed by atoms with Crippen LogP contribution < -0.4 is 10.1 Å². The molecule has 1 unspecified atom stereocenters. The maximum Gasteiger partial charge on any atom is 0.335 e. The Morgan fingerprint density at radius 2 is 1.45 bits per heavy atom. The van der Waals surface area contributed by atoms with Gasteiger partial charge in [0.05, 0.1) is 21.3 Å². The smallest absolute Gasteiger partial charge is 0.335 e. The first-order valence-corrected chi connectivity index (χ1v) is 10.3. The van der Waals surface area contributed by atoms with Crippen molar-refractivity contribution in [3.63, 3.8) is 0 Å². The van der Waals surface area contributed by atoms with Gasteiger partial charge in [-0.15, -0.1) is 0 Å². The number of rotatable bonds is 9. The Balaban J connectivity index is 2.45. The zero-order chi connectivity index (χ0) is 21.4. The van der Waals surface area contributed by atoms with Crippen molar-refractivity contribution in [2.75, 3.05) is 26.6 Å². The number of sulfone groups is 1. The number of benzene rings is 2. The summed E-state index contributed by atoms with van der Waals surface area (Å²) >= 11 is 0. The minimum absolute atomic E-state index is 0.0136. The van der Waals surface area contributed by atoms with Gasteiger partial charge in [0.2, 0.25) is 0 Å². The quantitative estimate of drug-likeness (QED) is 0.482. The molecule has 156 valence electrons. The Hall–Kier alpha value is -3.07. The zero-order valence-electron chi connectivity index (χ0n) is 16.3. The Labute approximate surface area is 169 Å². The van der Waals surface area contributed by atoms with Gasteiger partial charge >= 0.3 is 11.9 Å². The SMILES string of the molecule is COC(=O)C(C(=O)OC)S(=O)(=O)C(Cc1ccccc1)Nc1ccc(OC)cc1. The second-order valence-electron chi connectivity index (χ2n) is 6.07. The lowest BCUT2D eigenvalue weighted by molar-refractivity contribution is -0.150. The van der Waals surface area contributed by atoms with Crippen LogP contribution in [-0.2, 0) is 35.3 Å². The van der Waals surface area contributed by atoms with Crippen molar-refractivity contribution in [2.45, 2.75) is 17.0 Å². The van der Waals surface area contributed by atoms with E-state index < -0.39 is 32.4 Å². The normalized spacial score (nSPS) is 12.1. The van der Waals surface area contributed by atoms with Crippen LogP contribution in [0.1, 0.15) is 5.56 Å². The van der Waals surface area contributed by atoms with E-state index in [4.69, 9.17) is 4.74 Å². The monoisotopic (exact) mass is 421 g/mol. The molecule has 0 aliphatic rings. The van der Waals surface area contributed by atoms with Crippen LogP contribution in [0.15, 0.2) is 54.6 Å². The molecule has 0 fully saturated rings. The zero-order valence-corrected chi connectivity index (χ0v) is 17.1. The van der Waals surface area contributed by atoms with E-state index in [0.717, 1.165) is 14.2 Å². The number of methoxy groups -OCH3 is 3. The summed E-state index contributed by atoms with van der Waals surface area (Å²) in [7, 11) is -0.851. The molecular weight excluding hydrogens is 398 g/mol. The van der Waals surface area contributed by atoms with Crippen LogP contribution in [0.5, 0.6) is 5.75 Å². The second kappa shape index (κ2) is 9.92. The third kappa shape index (κ3) is 5.47. The summed E-state index contributed by atoms with van der Waals surface area (Å²) in [6, 6.07) is 15.4. The molecule has 0 aliphatic heterocycles. The van der Waals surface area contributed by atoms with Gasteiger partial charge in [0.25, 0.3) is 5.25 Å². The van der Waals surface area contributed by atoms with Gasteiger partial charge in [0.1, 0.15) is 11.1 Å². The molecule has 0 saturated heterocycles. The predicted molar refractivity (Wildman–Crippen MR) is 107 cm³/mol. The number of carbonyl (C=O) groups excluding carboxylic acids is 2. The van der Waals surface area contributed by atoms with E-state index in [-0.39, 0.29) is 6.42 Å². The predicted octanol–water partition coefficient (Wildman–Crippen LogP) is 1.81. The summed E-state index contributed by atoms with van der Waals surface area (Å²) in [4.78, 5) is 24.2. The molecule has 8 nitrogen and oxygen atoms in total. The van der Waals surface area contributed by atoms with Crippen molar-refractivity contribution in [2.24, 2.45) is 0 Å². The van der Waals surface area contributed by atoms with E-state index in [1.807, 2.05) is 0 Å². The molecule has 0 aliphatic carbocycles. The molecule has 0 aromatic heterocycles. The van der Waals surface area contributed by atoms with Crippen LogP contribution in [0.4, 0.5) is 5.69 Å². The third-order valence-corrected chi connectivity index (χ3v) is 6.36. The van der Waals surface area contributed by atoms with Gasteiger partial charge < -0.3 is 19.5 Å². The average Bonchev–Trinajstić information content (AvgIpc) is 2.74. The summed E-state index contributed by atoms with van der Waals surface area (Å²) in [6.45, 7) is 0. The van der Waals surface area contributed by atoms with Gasteiger partial charge in [-0.2, -0.15) is 0 Å². The number of hydrogen-bond donors (Lipinski definition) is 1. The number of hydrogen-bond acceptors (Lipinski definition) is 8. The Morgan fingerprint density at radius 3 is 1.93 bits per heavy atom. The fraction of sp³-hybridized carbons (Fsp3) is 0.300. The molecule has 29 heavy (non-hydrogen) atoms. The molecule has 2 aromatic carbocycles. The van der Waals surface area contributed by atoms with Crippen LogP contribution in [0.3, 0.4) is 0 Å². The van der Waals surface area contributed by atoms with E-state index >= 15 is 0 Å². The van der Waals surface area contributed by atoms with Crippen molar-refractivity contribution in [3.05, 3.63) is 60.2 Å². The summed E-state index contributed by atoms with van der Waals surface area (Å²) < 4.78 is 40.7. The first-order valence-electron chi connectivity index (χ1n) is 8.66. The molecule has 0 radical (unpaired) electrons. The van der Waals surface area contributed by atoms with Crippen LogP contribution in [0.25, 0.3) is 0 Å². The maximum absolute atomic E-state index is 13.3. The molecule has 0 saturated carbocycles. The number of carbonyl (C=O) groups is 2. The second-order valence-corrected chi connectivity index (χ2v) is 8.29. The highest BCUT2D eigenvalue weighted by atomic mass is 32.2. The van der Waals surface area contributed by atoms with E-state index in [1.165, 1.54) is 7.11 Å². The molecular formula is C20H23NO7S. The van der Waals surface area contributed by atoms with E-state index in [2.05, 4.69) is 14.8 Å². The van der Waals surface area contributed by atoms with Crippen LogP contribution in [0.2, 0.25) is 0 Å². The number of anilines is 1. The highest BCUT2D eigenvalue weighted by molar-refractivity contribution is 7.94. The maximum atomic E-state index is 13.3. The van der Waals surface area contributed by atoms with Gasteiger partial charge in [0.15, 0.2) is 9.84 Å². The first-order chi connectivity index (χ1) is 13.8. The summed E-state index contributed by atoms with van der Waals surface area (Å²) in [5, 5.41) is -0.492. The van der Waals surface area contributed by atoms with Gasteiger partial charge in [-0.05, 0) is 29.8 Å². The van der Waals surface area contributed by atoms with Gasteiger partial charge in [0, 0.05) is 12.1 Å². The van der Waals surface area contributed by atoms with Gasteiger partial charge in [-0.1, -0.05) is 30.3 Å². The minimum atomic E-state index is -4.39. The van der Waals surface area contributed by atoms with Crippen molar-refractivity contribution in [1.29, 1.82) is 0 Å². The molecule has 0 spiro atoms. The van der Waals surface area contributed by atoms with Crippen LogP contribution >= 0.6 is 0 Å². The first kappa shape index (κ1) is 22.2. The molecule has 9 heteroatoms. The Morgan fingerprint density at radius 1 is 0.897 bits per heavy atom. The summed E-state index contributed by atoms with van der Waals surface area (Å²) in [5.74, 6) is -1.81. The Kier molecular flexibility index (Phi) is 7.60. The average molecular weight is 421 g/mol. The molecule has 2 rings (SSSR count). The molecule has 0 bridgehead atoms. The number of esters is 2. The lowest BCUT2D eigenvalue weighted by atomic mass is 10.1. The standard InChI is InChI=1S/C20H23NO7S/c1-26-16-11-9-15(10-12-16)21-17(13-14-7-5-4-6-8-14)29(24,25)18(19(22)27-2)20(23)28-3/h4-12,17-18,21H,13H2,1-3H3. The van der Waals surface area contributed by atoms with Gasteiger partial charge in [-0.3, -0.25) is 9.59 Å². The lowest BCUT2D eigenvalue weighted by Crippen LogP contribution is -2.47. The summed E-state index contributed by atoms with van der Waals surface area (Å²) in [6.07, 6.45) is 0.0136. The molecule has 2 aromatic rings.